The molecule has 1 aromatic rings. The number of alkyl halides is 3. The van der Waals surface area contributed by atoms with Crippen LogP contribution in [0.1, 0.15) is 19.0 Å². The average molecular weight is 305 g/mol. The average Bonchev–Trinajstić information content (AvgIpc) is 2.45. The number of nitrogens with one attached hydrogen (secondary N) is 2. The summed E-state index contributed by atoms with van der Waals surface area (Å²) in [5.74, 6) is 5.53. The van der Waals surface area contributed by atoms with Gasteiger partial charge in [0, 0.05) is 19.8 Å². The van der Waals surface area contributed by atoms with Gasteiger partial charge in [0.2, 0.25) is 5.96 Å². The standard InChI is InChI=1S/C12H18F3N5O/c1-2-21-7-3-6-17-11(20-16)19-9-4-5-10(18-8-9)12(13,14)15/h4-5,8H,2-3,6-7,16H2,1H3,(H2,17,19,20). The number of ether oxygens (including phenoxy) is 1. The van der Waals surface area contributed by atoms with Crippen molar-refractivity contribution in [2.75, 3.05) is 25.1 Å². The number of hydrogen-bond acceptors (Lipinski definition) is 4. The number of rotatable bonds is 6. The maximum absolute atomic E-state index is 12.4. The van der Waals surface area contributed by atoms with E-state index >= 15 is 0 Å². The second-order valence-electron chi connectivity index (χ2n) is 3.98. The summed E-state index contributed by atoms with van der Waals surface area (Å²) in [6.07, 6.45) is -2.68. The molecule has 0 radical (unpaired) electrons. The second-order valence-corrected chi connectivity index (χ2v) is 3.98. The zero-order valence-electron chi connectivity index (χ0n) is 11.6. The molecular weight excluding hydrogens is 287 g/mol. The van der Waals surface area contributed by atoms with Gasteiger partial charge < -0.3 is 10.1 Å². The normalized spacial score (nSPS) is 12.3. The fraction of sp³-hybridized carbons (Fsp3) is 0.500. The van der Waals surface area contributed by atoms with Crippen molar-refractivity contribution >= 4 is 11.6 Å². The molecule has 1 aromatic heterocycles. The van der Waals surface area contributed by atoms with Crippen LogP contribution in [0.4, 0.5) is 18.9 Å². The van der Waals surface area contributed by atoms with Gasteiger partial charge in [-0.15, -0.1) is 0 Å². The molecular formula is C12H18F3N5O. The number of aromatic nitrogens is 1. The highest BCUT2D eigenvalue weighted by Crippen LogP contribution is 2.27. The van der Waals surface area contributed by atoms with E-state index in [0.29, 0.717) is 31.9 Å². The molecule has 0 amide bonds. The number of aliphatic imine (C=N–C) groups is 1. The maximum Gasteiger partial charge on any atom is 0.433 e. The van der Waals surface area contributed by atoms with Crippen LogP contribution < -0.4 is 16.6 Å². The molecule has 0 atom stereocenters. The van der Waals surface area contributed by atoms with Gasteiger partial charge in [-0.2, -0.15) is 13.2 Å². The summed E-state index contributed by atoms with van der Waals surface area (Å²) in [6.45, 7) is 3.59. The summed E-state index contributed by atoms with van der Waals surface area (Å²) in [6, 6.07) is 2.13. The Morgan fingerprint density at radius 3 is 2.71 bits per heavy atom. The highest BCUT2D eigenvalue weighted by Gasteiger charge is 2.32. The van der Waals surface area contributed by atoms with Gasteiger partial charge in [-0.25, -0.2) is 10.8 Å². The van der Waals surface area contributed by atoms with Crippen LogP contribution in [0.2, 0.25) is 0 Å². The maximum atomic E-state index is 12.4. The number of pyridine rings is 1. The molecule has 0 spiro atoms. The van der Waals surface area contributed by atoms with Gasteiger partial charge >= 0.3 is 6.18 Å². The van der Waals surface area contributed by atoms with Gasteiger partial charge in [-0.1, -0.05) is 0 Å². The molecule has 0 aliphatic heterocycles. The first-order chi connectivity index (χ1) is 9.97. The molecule has 9 heteroatoms. The van der Waals surface area contributed by atoms with Gasteiger partial charge in [-0.3, -0.25) is 10.4 Å². The third kappa shape index (κ3) is 6.41. The van der Waals surface area contributed by atoms with Crippen LogP contribution in [0, 0.1) is 0 Å². The molecule has 118 valence electrons. The molecule has 0 aliphatic rings. The van der Waals surface area contributed by atoms with Crippen molar-refractivity contribution in [1.29, 1.82) is 0 Å². The largest absolute Gasteiger partial charge is 0.433 e. The summed E-state index contributed by atoms with van der Waals surface area (Å²) >= 11 is 0. The van der Waals surface area contributed by atoms with Crippen LogP contribution in [0.25, 0.3) is 0 Å². The quantitative estimate of drug-likeness (QED) is 0.245. The first kappa shape index (κ1) is 17.2. The Labute approximate surface area is 120 Å². The minimum absolute atomic E-state index is 0.244. The van der Waals surface area contributed by atoms with Crippen molar-refractivity contribution in [2.45, 2.75) is 19.5 Å². The lowest BCUT2D eigenvalue weighted by atomic mass is 10.3. The molecule has 0 unspecified atom stereocenters. The van der Waals surface area contributed by atoms with Gasteiger partial charge in [0.05, 0.1) is 11.9 Å². The molecule has 0 saturated carbocycles. The minimum atomic E-state index is -4.46. The van der Waals surface area contributed by atoms with E-state index in [9.17, 15) is 13.2 Å². The smallest absolute Gasteiger partial charge is 0.382 e. The van der Waals surface area contributed by atoms with E-state index < -0.39 is 11.9 Å². The van der Waals surface area contributed by atoms with Crippen molar-refractivity contribution in [2.24, 2.45) is 10.8 Å². The summed E-state index contributed by atoms with van der Waals surface area (Å²) in [5.41, 5.74) is 1.73. The Kier molecular flexibility index (Phi) is 6.89. The lowest BCUT2D eigenvalue weighted by Crippen LogP contribution is -2.36. The summed E-state index contributed by atoms with van der Waals surface area (Å²) in [5, 5.41) is 2.74. The molecule has 1 heterocycles. The van der Waals surface area contributed by atoms with Gasteiger partial charge in [-0.05, 0) is 25.5 Å². The van der Waals surface area contributed by atoms with Gasteiger partial charge in [0.15, 0.2) is 0 Å². The molecule has 0 bridgehead atoms. The predicted octanol–water partition coefficient (Wildman–Crippen LogP) is 1.76. The SMILES string of the molecule is CCOCCCN=C(NN)Nc1ccc(C(F)(F)F)nc1. The molecule has 0 fully saturated rings. The van der Waals surface area contributed by atoms with Crippen molar-refractivity contribution in [3.63, 3.8) is 0 Å². The molecule has 21 heavy (non-hydrogen) atoms. The van der Waals surface area contributed by atoms with Gasteiger partial charge in [0.1, 0.15) is 5.69 Å². The Morgan fingerprint density at radius 1 is 1.43 bits per heavy atom. The van der Waals surface area contributed by atoms with Crippen LogP contribution in [-0.4, -0.2) is 30.7 Å². The number of halogens is 3. The van der Waals surface area contributed by atoms with Gasteiger partial charge in [0.25, 0.3) is 0 Å². The summed E-state index contributed by atoms with van der Waals surface area (Å²) in [7, 11) is 0. The van der Waals surface area contributed by atoms with Crippen LogP contribution in [-0.2, 0) is 10.9 Å². The van der Waals surface area contributed by atoms with Crippen LogP contribution >= 0.6 is 0 Å². The third-order valence-corrected chi connectivity index (χ3v) is 2.37. The van der Waals surface area contributed by atoms with E-state index in [2.05, 4.69) is 20.7 Å². The number of hydrogen-bond donors (Lipinski definition) is 3. The van der Waals surface area contributed by atoms with Crippen LogP contribution in [0.3, 0.4) is 0 Å². The Bertz CT molecular complexity index is 447. The minimum Gasteiger partial charge on any atom is -0.382 e. The van der Waals surface area contributed by atoms with E-state index in [4.69, 9.17) is 10.6 Å². The molecule has 6 nitrogen and oxygen atoms in total. The number of anilines is 1. The van der Waals surface area contributed by atoms with Crippen molar-refractivity contribution in [3.8, 4) is 0 Å². The zero-order chi connectivity index (χ0) is 15.7. The first-order valence-corrected chi connectivity index (χ1v) is 6.36. The number of nitrogens with two attached hydrogens (primary N) is 1. The van der Waals surface area contributed by atoms with E-state index in [1.54, 1.807) is 0 Å². The van der Waals surface area contributed by atoms with Crippen molar-refractivity contribution in [1.82, 2.24) is 10.4 Å². The van der Waals surface area contributed by atoms with Crippen molar-refractivity contribution < 1.29 is 17.9 Å². The fourth-order valence-corrected chi connectivity index (χ4v) is 1.40. The highest BCUT2D eigenvalue weighted by atomic mass is 19.4. The molecule has 0 aromatic carbocycles. The summed E-state index contributed by atoms with van der Waals surface area (Å²) < 4.78 is 42.3. The van der Waals surface area contributed by atoms with E-state index in [1.165, 1.54) is 6.07 Å². The second kappa shape index (κ2) is 8.42. The monoisotopic (exact) mass is 305 g/mol. The van der Waals surface area contributed by atoms with Crippen molar-refractivity contribution in [3.05, 3.63) is 24.0 Å². The summed E-state index contributed by atoms with van der Waals surface area (Å²) in [4.78, 5) is 7.45. The Morgan fingerprint density at radius 2 is 2.19 bits per heavy atom. The molecule has 4 N–H and O–H groups in total. The Hall–Kier alpha value is -1.87. The lowest BCUT2D eigenvalue weighted by molar-refractivity contribution is -0.141. The fourth-order valence-electron chi connectivity index (χ4n) is 1.40. The van der Waals surface area contributed by atoms with Crippen LogP contribution in [0.15, 0.2) is 23.3 Å². The van der Waals surface area contributed by atoms with E-state index in [1.807, 2.05) is 6.92 Å². The highest BCUT2D eigenvalue weighted by molar-refractivity contribution is 5.92. The predicted molar refractivity (Wildman–Crippen MR) is 73.6 cm³/mol. The van der Waals surface area contributed by atoms with Crippen LogP contribution in [0.5, 0.6) is 0 Å². The van der Waals surface area contributed by atoms with E-state index in [-0.39, 0.29) is 5.96 Å². The molecule has 0 saturated heterocycles. The number of hydrazine groups is 1. The molecule has 1 rings (SSSR count). The Balaban J connectivity index is 2.55. The zero-order valence-corrected chi connectivity index (χ0v) is 11.6. The first-order valence-electron chi connectivity index (χ1n) is 6.36. The number of nitrogens with zero attached hydrogens (tertiary/aromatic N) is 2. The third-order valence-electron chi connectivity index (χ3n) is 2.37. The molecule has 0 aliphatic carbocycles. The topological polar surface area (TPSA) is 84.6 Å². The lowest BCUT2D eigenvalue weighted by Gasteiger charge is -2.10. The van der Waals surface area contributed by atoms with E-state index in [0.717, 1.165) is 12.3 Å². The number of guanidine groups is 1.